The fraction of sp³-hybridized carbons (Fsp3) is 0.286. The van der Waals surface area contributed by atoms with Crippen molar-refractivity contribution in [3.05, 3.63) is 52.5 Å². The Morgan fingerprint density at radius 1 is 0.838 bits per heavy atom. The molecule has 9 heteroatoms. The van der Waals surface area contributed by atoms with Crippen LogP contribution in [0.1, 0.15) is 34.6 Å². The molecule has 192 valence electrons. The average Bonchev–Trinajstić information content (AvgIpc) is 3.44. The molecule has 0 spiro atoms. The highest BCUT2D eigenvalue weighted by molar-refractivity contribution is 6.46. The van der Waals surface area contributed by atoms with E-state index in [0.29, 0.717) is 35.1 Å². The number of H-pyrrole nitrogens is 2. The largest absolute Gasteiger partial charge is 0.488 e. The van der Waals surface area contributed by atoms with Gasteiger partial charge in [0.1, 0.15) is 6.61 Å². The predicted octanol–water partition coefficient (Wildman–Crippen LogP) is 5.90. The molecule has 0 bridgehead atoms. The van der Waals surface area contributed by atoms with Gasteiger partial charge in [0, 0.05) is 39.1 Å². The summed E-state index contributed by atoms with van der Waals surface area (Å²) in [4.78, 5) is 33.8. The molecule has 37 heavy (non-hydrogen) atoms. The molecular weight excluding hydrogens is 494 g/mol. The number of carbonyl (C=O) groups excluding carboxylic acids is 2. The summed E-state index contributed by atoms with van der Waals surface area (Å²) in [6.07, 6.45) is 0. The number of ether oxygens (including phenoxy) is 3. The number of carbonyl (C=O) groups is 2. The van der Waals surface area contributed by atoms with E-state index in [-0.39, 0.29) is 13.2 Å². The van der Waals surface area contributed by atoms with Crippen LogP contribution in [0.4, 0.5) is 0 Å². The van der Waals surface area contributed by atoms with Gasteiger partial charge in [-0.05, 0) is 64.3 Å². The molecule has 2 heterocycles. The maximum Gasteiger partial charge on any atom is 0.338 e. The lowest BCUT2D eigenvalue weighted by Crippen LogP contribution is -2.19. The van der Waals surface area contributed by atoms with Gasteiger partial charge in [-0.25, -0.2) is 9.59 Å². The molecule has 0 saturated carbocycles. The molecule has 0 aliphatic rings. The van der Waals surface area contributed by atoms with Gasteiger partial charge in [-0.15, -0.1) is 0 Å². The molecule has 3 aromatic carbocycles. The Bertz CT molecular complexity index is 1550. The molecule has 0 saturated heterocycles. The van der Waals surface area contributed by atoms with Crippen LogP contribution in [0, 0.1) is 0 Å². The lowest BCUT2D eigenvalue weighted by Gasteiger charge is -2.13. The van der Waals surface area contributed by atoms with E-state index in [1.54, 1.807) is 38.1 Å². The molecule has 2 N–H and O–H groups in total. The van der Waals surface area contributed by atoms with Crippen LogP contribution in [-0.2, 0) is 9.47 Å². The van der Waals surface area contributed by atoms with Gasteiger partial charge < -0.3 is 29.1 Å². The maximum atomic E-state index is 12.5. The Morgan fingerprint density at radius 2 is 1.32 bits per heavy atom. The Labute approximate surface area is 218 Å². The van der Waals surface area contributed by atoms with Crippen molar-refractivity contribution in [2.24, 2.45) is 0 Å². The van der Waals surface area contributed by atoms with E-state index in [2.05, 4.69) is 9.97 Å². The van der Waals surface area contributed by atoms with Crippen LogP contribution in [0.25, 0.3) is 43.6 Å². The second-order valence-corrected chi connectivity index (χ2v) is 9.38. The van der Waals surface area contributed by atoms with Crippen LogP contribution in [-0.4, -0.2) is 67.3 Å². The summed E-state index contributed by atoms with van der Waals surface area (Å²) in [5.74, 6) is -0.173. The number of esters is 2. The molecule has 5 aromatic rings. The third-order valence-electron chi connectivity index (χ3n) is 6.30. The molecule has 0 amide bonds. The number of fused-ring (bicyclic) bond motifs is 6. The Balaban J connectivity index is 1.82. The van der Waals surface area contributed by atoms with Crippen molar-refractivity contribution in [3.63, 3.8) is 0 Å². The zero-order valence-electron chi connectivity index (χ0n) is 21.2. The summed E-state index contributed by atoms with van der Waals surface area (Å²) in [7, 11) is 3.96. The molecule has 0 aliphatic heterocycles. The second-order valence-electron chi connectivity index (χ2n) is 9.01. The molecule has 5 rings (SSSR count). The van der Waals surface area contributed by atoms with Crippen LogP contribution in [0.3, 0.4) is 0 Å². The van der Waals surface area contributed by atoms with E-state index < -0.39 is 11.9 Å². The van der Waals surface area contributed by atoms with Gasteiger partial charge in [-0.2, -0.15) is 0 Å². The fourth-order valence-corrected chi connectivity index (χ4v) is 4.98. The van der Waals surface area contributed by atoms with Crippen molar-refractivity contribution < 1.29 is 23.8 Å². The van der Waals surface area contributed by atoms with Crippen LogP contribution < -0.4 is 4.74 Å². The fourth-order valence-electron chi connectivity index (χ4n) is 4.59. The van der Waals surface area contributed by atoms with E-state index in [9.17, 15) is 9.59 Å². The number of aromatic nitrogens is 2. The number of hydrogen-bond donors (Lipinski definition) is 2. The Hall–Kier alpha value is -3.75. The van der Waals surface area contributed by atoms with Crippen molar-refractivity contribution >= 4 is 67.2 Å². The van der Waals surface area contributed by atoms with Gasteiger partial charge in [0.15, 0.2) is 5.75 Å². The topological polar surface area (TPSA) is 96.7 Å². The van der Waals surface area contributed by atoms with Crippen molar-refractivity contribution in [1.82, 2.24) is 14.9 Å². The molecule has 2 aromatic heterocycles. The number of rotatable bonds is 8. The third kappa shape index (κ3) is 4.36. The van der Waals surface area contributed by atoms with Crippen molar-refractivity contribution in [3.8, 4) is 5.75 Å². The zero-order valence-corrected chi connectivity index (χ0v) is 21.9. The van der Waals surface area contributed by atoms with E-state index in [1.807, 2.05) is 31.1 Å². The van der Waals surface area contributed by atoms with E-state index >= 15 is 0 Å². The first kappa shape index (κ1) is 24.9. The van der Waals surface area contributed by atoms with Gasteiger partial charge in [-0.3, -0.25) is 0 Å². The third-order valence-corrected chi connectivity index (χ3v) is 6.68. The van der Waals surface area contributed by atoms with Crippen LogP contribution >= 0.6 is 11.6 Å². The first-order chi connectivity index (χ1) is 17.8. The van der Waals surface area contributed by atoms with Crippen LogP contribution in [0.2, 0.25) is 5.02 Å². The molecule has 0 atom stereocenters. The standard InChI is InChI=1S/C28H28ClN3O5/c1-5-35-27(33)15-7-9-19-17(13-15)21-23(29)22-18-14-16(28(34)36-6-2)8-10-20(18)31-25(22)26(24(21)30-19)37-12-11-32(3)4/h7-10,13-14,30-31H,5-6,11-12H2,1-4H3. The minimum Gasteiger partial charge on any atom is -0.488 e. The Kier molecular flexibility index (Phi) is 6.70. The van der Waals surface area contributed by atoms with Crippen molar-refractivity contribution in [2.45, 2.75) is 13.8 Å². The number of aromatic amines is 2. The summed E-state index contributed by atoms with van der Waals surface area (Å²) in [5, 5.41) is 3.52. The lowest BCUT2D eigenvalue weighted by atomic mass is 10.0. The molecule has 0 radical (unpaired) electrons. The summed E-state index contributed by atoms with van der Waals surface area (Å²) >= 11 is 7.12. The van der Waals surface area contributed by atoms with E-state index in [0.717, 1.165) is 43.6 Å². The van der Waals surface area contributed by atoms with E-state index in [1.165, 1.54) is 0 Å². The Morgan fingerprint density at radius 3 is 1.76 bits per heavy atom. The van der Waals surface area contributed by atoms with Crippen molar-refractivity contribution in [1.29, 1.82) is 0 Å². The van der Waals surface area contributed by atoms with Gasteiger partial charge in [0.25, 0.3) is 0 Å². The van der Waals surface area contributed by atoms with Gasteiger partial charge in [-0.1, -0.05) is 11.6 Å². The number of nitrogens with zero attached hydrogens (tertiary/aromatic N) is 1. The number of likely N-dealkylation sites (N-methyl/N-ethyl adjacent to an activating group) is 1. The van der Waals surface area contributed by atoms with Gasteiger partial charge in [0.05, 0.1) is 40.4 Å². The molecule has 8 nitrogen and oxygen atoms in total. The first-order valence-corrected chi connectivity index (χ1v) is 12.6. The van der Waals surface area contributed by atoms with Gasteiger partial charge >= 0.3 is 11.9 Å². The average molecular weight is 522 g/mol. The molecule has 0 aliphatic carbocycles. The molecule has 0 unspecified atom stereocenters. The van der Waals surface area contributed by atoms with Gasteiger partial charge in [0.2, 0.25) is 0 Å². The minimum absolute atomic E-state index is 0.286. The highest BCUT2D eigenvalue weighted by atomic mass is 35.5. The first-order valence-electron chi connectivity index (χ1n) is 12.2. The quantitative estimate of drug-likeness (QED) is 0.247. The smallest absolute Gasteiger partial charge is 0.338 e. The van der Waals surface area contributed by atoms with Crippen molar-refractivity contribution in [2.75, 3.05) is 40.5 Å². The minimum atomic E-state index is -0.399. The highest BCUT2D eigenvalue weighted by Crippen LogP contribution is 2.46. The van der Waals surface area contributed by atoms with Crippen LogP contribution in [0.15, 0.2) is 36.4 Å². The number of hydrogen-bond acceptors (Lipinski definition) is 6. The number of benzene rings is 3. The number of nitrogens with one attached hydrogen (secondary N) is 2. The summed E-state index contributed by atoms with van der Waals surface area (Å²) in [5.41, 5.74) is 3.95. The van der Waals surface area contributed by atoms with Crippen LogP contribution in [0.5, 0.6) is 5.75 Å². The SMILES string of the molecule is CCOC(=O)c1ccc2[nH]c3c(OCCN(C)C)c4[nH]c5ccc(C(=O)OCC)cc5c4c(Cl)c3c2c1. The molecular formula is C28H28ClN3O5. The lowest BCUT2D eigenvalue weighted by molar-refractivity contribution is 0.0517. The summed E-state index contributed by atoms with van der Waals surface area (Å²) in [6, 6.07) is 10.7. The van der Waals surface area contributed by atoms with E-state index in [4.69, 9.17) is 25.8 Å². The summed E-state index contributed by atoms with van der Waals surface area (Å²) in [6.45, 7) is 5.28. The predicted molar refractivity (Wildman–Crippen MR) is 146 cm³/mol. The monoisotopic (exact) mass is 521 g/mol. The number of halogens is 1. The molecule has 0 fully saturated rings. The normalized spacial score (nSPS) is 11.7. The zero-order chi connectivity index (χ0) is 26.3. The maximum absolute atomic E-state index is 12.5. The summed E-state index contributed by atoms with van der Waals surface area (Å²) < 4.78 is 16.8. The second kappa shape index (κ2) is 9.95. The highest BCUT2D eigenvalue weighted by Gasteiger charge is 2.23.